The summed E-state index contributed by atoms with van der Waals surface area (Å²) in [5, 5.41) is 10.6. The van der Waals surface area contributed by atoms with E-state index in [0.29, 0.717) is 29.0 Å². The van der Waals surface area contributed by atoms with E-state index in [1.165, 1.54) is 17.5 Å². The van der Waals surface area contributed by atoms with Gasteiger partial charge < -0.3 is 9.32 Å². The fourth-order valence-electron chi connectivity index (χ4n) is 2.80. The van der Waals surface area contributed by atoms with E-state index in [4.69, 9.17) is 16.0 Å². The summed E-state index contributed by atoms with van der Waals surface area (Å²) in [4.78, 5) is 19.4. The van der Waals surface area contributed by atoms with Crippen LogP contribution in [0.5, 0.6) is 0 Å². The van der Waals surface area contributed by atoms with Gasteiger partial charge in [-0.05, 0) is 36.4 Å². The van der Waals surface area contributed by atoms with Crippen LogP contribution in [0.15, 0.2) is 40.3 Å². The van der Waals surface area contributed by atoms with Gasteiger partial charge in [-0.1, -0.05) is 17.7 Å². The van der Waals surface area contributed by atoms with Gasteiger partial charge in [0.1, 0.15) is 11.2 Å². The maximum atomic E-state index is 12.7. The van der Waals surface area contributed by atoms with Crippen molar-refractivity contribution in [2.24, 2.45) is 0 Å². The minimum absolute atomic E-state index is 0.0995. The summed E-state index contributed by atoms with van der Waals surface area (Å²) in [6, 6.07) is 6.95. The minimum atomic E-state index is -0.200. The Balaban J connectivity index is 1.59. The summed E-state index contributed by atoms with van der Waals surface area (Å²) >= 11 is 7.32. The van der Waals surface area contributed by atoms with Gasteiger partial charge in [0, 0.05) is 12.7 Å². The van der Waals surface area contributed by atoms with E-state index in [2.05, 4.69) is 15.2 Å². The first-order valence-electron chi connectivity index (χ1n) is 7.52. The maximum absolute atomic E-state index is 12.7. The standard InChI is InChI=1S/C16H13ClN4O2S/c17-13-6-5-10(9-18-13)16(22)21-7-1-3-11(21)14-19-20-15(23-14)12-4-2-8-24-12/h2,4-6,8-9,11H,1,3,7H2. The Morgan fingerprint density at radius 3 is 3.00 bits per heavy atom. The monoisotopic (exact) mass is 360 g/mol. The predicted molar refractivity (Wildman–Crippen MR) is 89.9 cm³/mol. The highest BCUT2D eigenvalue weighted by Gasteiger charge is 2.34. The van der Waals surface area contributed by atoms with Gasteiger partial charge >= 0.3 is 0 Å². The van der Waals surface area contributed by atoms with E-state index in [0.717, 1.165) is 17.7 Å². The van der Waals surface area contributed by atoms with E-state index in [1.807, 2.05) is 17.5 Å². The number of carbonyl (C=O) groups excluding carboxylic acids is 1. The van der Waals surface area contributed by atoms with Crippen molar-refractivity contribution in [2.45, 2.75) is 18.9 Å². The molecule has 1 aliphatic rings. The number of hydrogen-bond donors (Lipinski definition) is 0. The molecule has 3 aromatic heterocycles. The molecule has 0 N–H and O–H groups in total. The van der Waals surface area contributed by atoms with Crippen molar-refractivity contribution in [2.75, 3.05) is 6.54 Å². The zero-order valence-corrected chi connectivity index (χ0v) is 14.1. The second-order valence-corrected chi connectivity index (χ2v) is 6.78. The third-order valence-electron chi connectivity index (χ3n) is 3.95. The fraction of sp³-hybridized carbons (Fsp3) is 0.250. The van der Waals surface area contributed by atoms with Crippen LogP contribution in [0.25, 0.3) is 10.8 Å². The first-order valence-corrected chi connectivity index (χ1v) is 8.78. The Hall–Kier alpha value is -2.25. The van der Waals surface area contributed by atoms with Crippen molar-refractivity contribution in [3.8, 4) is 10.8 Å². The Labute approximate surface area is 147 Å². The quantitative estimate of drug-likeness (QED) is 0.664. The van der Waals surface area contributed by atoms with Gasteiger partial charge in [-0.3, -0.25) is 4.79 Å². The van der Waals surface area contributed by atoms with Gasteiger partial charge in [-0.2, -0.15) is 0 Å². The van der Waals surface area contributed by atoms with Crippen LogP contribution in [0.2, 0.25) is 5.15 Å². The smallest absolute Gasteiger partial charge is 0.257 e. The fourth-order valence-corrected chi connectivity index (χ4v) is 3.56. The summed E-state index contributed by atoms with van der Waals surface area (Å²) in [5.41, 5.74) is 0.504. The van der Waals surface area contributed by atoms with Crippen molar-refractivity contribution in [3.05, 3.63) is 52.4 Å². The molecule has 1 saturated heterocycles. The number of pyridine rings is 1. The summed E-state index contributed by atoms with van der Waals surface area (Å²) in [6.07, 6.45) is 3.19. The average Bonchev–Trinajstić information content (AvgIpc) is 3.33. The summed E-state index contributed by atoms with van der Waals surface area (Å²) in [5.74, 6) is 0.871. The van der Waals surface area contributed by atoms with Crippen LogP contribution in [0.4, 0.5) is 0 Å². The molecule has 1 aliphatic heterocycles. The molecule has 1 fully saturated rings. The summed E-state index contributed by atoms with van der Waals surface area (Å²) < 4.78 is 5.80. The van der Waals surface area contributed by atoms with E-state index >= 15 is 0 Å². The molecule has 24 heavy (non-hydrogen) atoms. The van der Waals surface area contributed by atoms with Crippen LogP contribution in [0.1, 0.15) is 35.1 Å². The Morgan fingerprint density at radius 1 is 1.33 bits per heavy atom. The van der Waals surface area contributed by atoms with Crippen LogP contribution >= 0.6 is 22.9 Å². The SMILES string of the molecule is O=C(c1ccc(Cl)nc1)N1CCCC1c1nnc(-c2cccs2)o1. The van der Waals surface area contributed by atoms with Crippen LogP contribution in [0.3, 0.4) is 0 Å². The lowest BCUT2D eigenvalue weighted by Crippen LogP contribution is -2.30. The first kappa shape index (κ1) is 15.3. The van der Waals surface area contributed by atoms with E-state index in [-0.39, 0.29) is 11.9 Å². The molecule has 1 amide bonds. The second-order valence-electron chi connectivity index (χ2n) is 5.45. The van der Waals surface area contributed by atoms with Crippen LogP contribution in [0, 0.1) is 0 Å². The Kier molecular flexibility index (Phi) is 4.03. The van der Waals surface area contributed by atoms with Gasteiger partial charge in [0.05, 0.1) is 10.4 Å². The number of hydrogen-bond acceptors (Lipinski definition) is 6. The average molecular weight is 361 g/mol. The van der Waals surface area contributed by atoms with Gasteiger partial charge in [0.25, 0.3) is 11.8 Å². The summed E-state index contributed by atoms with van der Waals surface area (Å²) in [6.45, 7) is 0.656. The van der Waals surface area contributed by atoms with E-state index in [1.54, 1.807) is 17.0 Å². The van der Waals surface area contributed by atoms with Crippen molar-refractivity contribution in [1.29, 1.82) is 0 Å². The molecular formula is C16H13ClN4O2S. The van der Waals surface area contributed by atoms with Gasteiger partial charge in [-0.25, -0.2) is 4.98 Å². The van der Waals surface area contributed by atoms with E-state index in [9.17, 15) is 4.79 Å². The molecule has 122 valence electrons. The Morgan fingerprint density at radius 2 is 2.25 bits per heavy atom. The Bertz CT molecular complexity index is 847. The lowest BCUT2D eigenvalue weighted by molar-refractivity contribution is 0.0715. The molecule has 0 radical (unpaired) electrons. The number of aromatic nitrogens is 3. The molecular weight excluding hydrogens is 348 g/mol. The normalized spacial score (nSPS) is 17.4. The number of likely N-dealkylation sites (tertiary alicyclic amines) is 1. The molecule has 3 aromatic rings. The number of rotatable bonds is 3. The van der Waals surface area contributed by atoms with Crippen molar-refractivity contribution in [3.63, 3.8) is 0 Å². The van der Waals surface area contributed by atoms with Gasteiger partial charge in [0.15, 0.2) is 0 Å². The minimum Gasteiger partial charge on any atom is -0.418 e. The van der Waals surface area contributed by atoms with Crippen LogP contribution in [-0.2, 0) is 0 Å². The number of amides is 1. The first-order chi connectivity index (χ1) is 11.7. The van der Waals surface area contributed by atoms with E-state index < -0.39 is 0 Å². The highest BCUT2D eigenvalue weighted by molar-refractivity contribution is 7.13. The number of carbonyl (C=O) groups is 1. The number of thiophene rings is 1. The summed E-state index contributed by atoms with van der Waals surface area (Å²) in [7, 11) is 0. The number of halogens is 1. The third kappa shape index (κ3) is 2.81. The van der Waals surface area contributed by atoms with Crippen molar-refractivity contribution < 1.29 is 9.21 Å². The topological polar surface area (TPSA) is 72.1 Å². The van der Waals surface area contributed by atoms with Crippen LogP contribution in [-0.4, -0.2) is 32.5 Å². The number of nitrogens with zero attached hydrogens (tertiary/aromatic N) is 4. The molecule has 1 atom stereocenters. The molecule has 6 nitrogen and oxygen atoms in total. The highest BCUT2D eigenvalue weighted by Crippen LogP contribution is 2.34. The molecule has 0 aliphatic carbocycles. The van der Waals surface area contributed by atoms with Crippen molar-refractivity contribution >= 4 is 28.8 Å². The van der Waals surface area contributed by atoms with Crippen molar-refractivity contribution in [1.82, 2.24) is 20.1 Å². The second kappa shape index (κ2) is 6.33. The lowest BCUT2D eigenvalue weighted by Gasteiger charge is -2.21. The molecule has 0 spiro atoms. The molecule has 0 bridgehead atoms. The lowest BCUT2D eigenvalue weighted by atomic mass is 10.2. The van der Waals surface area contributed by atoms with Crippen LogP contribution < -0.4 is 0 Å². The molecule has 8 heteroatoms. The molecule has 4 heterocycles. The van der Waals surface area contributed by atoms with Gasteiger partial charge in [-0.15, -0.1) is 21.5 Å². The zero-order valence-electron chi connectivity index (χ0n) is 12.6. The third-order valence-corrected chi connectivity index (χ3v) is 5.03. The molecule has 0 aromatic carbocycles. The maximum Gasteiger partial charge on any atom is 0.257 e. The largest absolute Gasteiger partial charge is 0.418 e. The molecule has 0 saturated carbocycles. The molecule has 4 rings (SSSR count). The predicted octanol–water partition coefficient (Wildman–Crippen LogP) is 3.82. The van der Waals surface area contributed by atoms with Gasteiger partial charge in [0.2, 0.25) is 5.89 Å². The highest BCUT2D eigenvalue weighted by atomic mass is 35.5. The zero-order chi connectivity index (χ0) is 16.5. The molecule has 1 unspecified atom stereocenters.